The quantitative estimate of drug-likeness (QED) is 0.597. The Balaban J connectivity index is 2.36. The van der Waals surface area contributed by atoms with E-state index < -0.39 is 11.7 Å². The summed E-state index contributed by atoms with van der Waals surface area (Å²) < 4.78 is 39.5. The zero-order valence-corrected chi connectivity index (χ0v) is 10.4. The highest BCUT2D eigenvalue weighted by Gasteiger charge is 2.33. The molecule has 0 unspecified atom stereocenters. The molecule has 4 nitrogen and oxygen atoms in total. The highest BCUT2D eigenvalue weighted by atomic mass is 19.4. The molecule has 0 atom stereocenters. The van der Waals surface area contributed by atoms with Crippen LogP contribution < -0.4 is 4.43 Å². The molecule has 1 heterocycles. The number of hydrogen-bond acceptors (Lipinski definition) is 2. The van der Waals surface area contributed by atoms with Crippen molar-refractivity contribution >= 4 is 11.0 Å². The summed E-state index contributed by atoms with van der Waals surface area (Å²) in [7, 11) is 0. The molecule has 1 N–H and O–H groups in total. The number of alkyl halides is 3. The molecule has 0 radical (unpaired) electrons. The summed E-state index contributed by atoms with van der Waals surface area (Å²) in [4.78, 5) is 12.2. The van der Waals surface area contributed by atoms with E-state index in [9.17, 15) is 23.3 Å². The molecule has 0 amide bonds. The summed E-state index contributed by atoms with van der Waals surface area (Å²) in [5.41, 5.74) is -0.121. The van der Waals surface area contributed by atoms with E-state index in [4.69, 9.17) is 0 Å². The van der Waals surface area contributed by atoms with E-state index in [1.54, 1.807) is 0 Å². The fraction of sp³-hybridized carbons (Fsp3) is 0.385. The lowest BCUT2D eigenvalue weighted by molar-refractivity contribution is -0.477. The van der Waals surface area contributed by atoms with Crippen molar-refractivity contribution in [2.45, 2.75) is 31.9 Å². The van der Waals surface area contributed by atoms with Gasteiger partial charge in [0.05, 0.1) is 9.99 Å². The third-order valence-corrected chi connectivity index (χ3v) is 3.66. The van der Waals surface area contributed by atoms with Crippen molar-refractivity contribution < 1.29 is 22.8 Å². The van der Waals surface area contributed by atoms with Gasteiger partial charge in [-0.15, -0.1) is 0 Å². The molecule has 1 aliphatic carbocycles. The second-order valence-electron chi connectivity index (χ2n) is 4.91. The number of aromatic nitrogens is 2. The number of nitrogens with zero attached hydrogens (tertiary/aromatic N) is 2. The van der Waals surface area contributed by atoms with Gasteiger partial charge < -0.3 is 5.21 Å². The highest BCUT2D eigenvalue weighted by Crippen LogP contribution is 2.31. The molecule has 3 rings (SSSR count). The molecule has 0 saturated heterocycles. The predicted octanol–water partition coefficient (Wildman–Crippen LogP) is 2.69. The molecule has 106 valence electrons. The lowest BCUT2D eigenvalue weighted by Crippen LogP contribution is -2.30. The van der Waals surface area contributed by atoms with Crippen molar-refractivity contribution in [3.8, 4) is 0 Å². The van der Waals surface area contributed by atoms with Crippen LogP contribution in [0, 0.1) is 4.91 Å². The van der Waals surface area contributed by atoms with Crippen molar-refractivity contribution in [3.63, 3.8) is 0 Å². The molecular formula is C13H12F3N2O2+. The van der Waals surface area contributed by atoms with Crippen molar-refractivity contribution in [3.05, 3.63) is 40.1 Å². The molecule has 1 aliphatic rings. The van der Waals surface area contributed by atoms with Crippen LogP contribution in [0.3, 0.4) is 0 Å². The standard InChI is InChI=1S/C13H12F3N2O2/c14-13(15,16)8-5-6-11-12(7-8)18(20)10-4-2-1-3-9(10)17(11)19/h5-7,20H,1-4H2/q+1. The van der Waals surface area contributed by atoms with Gasteiger partial charge in [-0.1, -0.05) is 0 Å². The van der Waals surface area contributed by atoms with Gasteiger partial charge in [0.2, 0.25) is 0 Å². The summed E-state index contributed by atoms with van der Waals surface area (Å²) in [6, 6.07) is 2.76. The minimum absolute atomic E-state index is 0.0427. The van der Waals surface area contributed by atoms with E-state index in [0.29, 0.717) is 28.7 Å². The first kappa shape index (κ1) is 13.0. The monoisotopic (exact) mass is 285 g/mol. The molecular weight excluding hydrogens is 273 g/mol. The Morgan fingerprint density at radius 2 is 1.90 bits per heavy atom. The molecule has 0 spiro atoms. The second-order valence-corrected chi connectivity index (χ2v) is 4.91. The first-order chi connectivity index (χ1) is 9.39. The highest BCUT2D eigenvalue weighted by molar-refractivity contribution is 5.73. The minimum atomic E-state index is -4.51. The Hall–Kier alpha value is -2.05. The van der Waals surface area contributed by atoms with Gasteiger partial charge >= 0.3 is 6.18 Å². The summed E-state index contributed by atoms with van der Waals surface area (Å²) in [5.74, 6) is 0. The lowest BCUT2D eigenvalue weighted by Gasteiger charge is -2.14. The molecule has 0 fully saturated rings. The Morgan fingerprint density at radius 3 is 2.60 bits per heavy atom. The smallest absolute Gasteiger partial charge is 0.416 e. The maximum atomic E-state index is 12.7. The average molecular weight is 285 g/mol. The number of benzene rings is 1. The third-order valence-electron chi connectivity index (χ3n) is 3.66. The lowest BCUT2D eigenvalue weighted by atomic mass is 10.00. The van der Waals surface area contributed by atoms with Gasteiger partial charge in [-0.2, -0.15) is 17.9 Å². The average Bonchev–Trinajstić information content (AvgIpc) is 2.43. The molecule has 1 aromatic heterocycles. The maximum Gasteiger partial charge on any atom is 0.416 e. The molecule has 1 aromatic carbocycles. The zero-order valence-electron chi connectivity index (χ0n) is 10.4. The van der Waals surface area contributed by atoms with E-state index in [1.165, 1.54) is 0 Å². The van der Waals surface area contributed by atoms with Gasteiger partial charge in [0, 0.05) is 17.4 Å². The SMILES string of the molecule is O=[n+]1c2c(n(O)c3cc(C(F)(F)F)ccc31)CCCC2. The summed E-state index contributed by atoms with van der Waals surface area (Å²) in [6.07, 6.45) is -1.86. The van der Waals surface area contributed by atoms with Crippen LogP contribution in [-0.4, -0.2) is 9.94 Å². The first-order valence-corrected chi connectivity index (χ1v) is 6.29. The van der Waals surface area contributed by atoms with Crippen LogP contribution in [0.15, 0.2) is 18.2 Å². The number of halogens is 3. The largest absolute Gasteiger partial charge is 0.428 e. The molecule has 2 aromatic rings. The zero-order chi connectivity index (χ0) is 14.5. The molecule has 0 aliphatic heterocycles. The second kappa shape index (κ2) is 4.22. The normalized spacial score (nSPS) is 15.3. The van der Waals surface area contributed by atoms with Gasteiger partial charge in [-0.05, 0) is 31.4 Å². The van der Waals surface area contributed by atoms with Gasteiger partial charge in [0.25, 0.3) is 11.2 Å². The molecule has 0 saturated carbocycles. The Morgan fingerprint density at radius 1 is 1.20 bits per heavy atom. The fourth-order valence-electron chi connectivity index (χ4n) is 2.65. The topological polar surface area (TPSA) is 48.1 Å². The maximum absolute atomic E-state index is 12.7. The van der Waals surface area contributed by atoms with Crippen LogP contribution in [0.2, 0.25) is 0 Å². The van der Waals surface area contributed by atoms with Crippen molar-refractivity contribution in [1.82, 2.24) is 4.73 Å². The first-order valence-electron chi connectivity index (χ1n) is 6.29. The van der Waals surface area contributed by atoms with Gasteiger partial charge in [0.1, 0.15) is 5.69 Å². The van der Waals surface area contributed by atoms with Crippen LogP contribution in [-0.2, 0) is 19.0 Å². The van der Waals surface area contributed by atoms with Crippen LogP contribution in [0.25, 0.3) is 11.0 Å². The Labute approximate surface area is 111 Å². The van der Waals surface area contributed by atoms with E-state index in [-0.39, 0.29) is 11.0 Å². The van der Waals surface area contributed by atoms with Gasteiger partial charge in [0.15, 0.2) is 5.52 Å². The van der Waals surface area contributed by atoms with Crippen LogP contribution >= 0.6 is 0 Å². The van der Waals surface area contributed by atoms with Crippen LogP contribution in [0.1, 0.15) is 29.8 Å². The summed E-state index contributed by atoms with van der Waals surface area (Å²) in [6.45, 7) is 0. The third kappa shape index (κ3) is 1.85. The summed E-state index contributed by atoms with van der Waals surface area (Å²) in [5, 5.41) is 10.1. The van der Waals surface area contributed by atoms with Crippen LogP contribution in [0.5, 0.6) is 0 Å². The van der Waals surface area contributed by atoms with Crippen molar-refractivity contribution in [1.29, 1.82) is 0 Å². The molecule has 0 bridgehead atoms. The van der Waals surface area contributed by atoms with E-state index in [0.717, 1.165) is 35.8 Å². The van der Waals surface area contributed by atoms with Gasteiger partial charge in [-0.3, -0.25) is 0 Å². The van der Waals surface area contributed by atoms with Gasteiger partial charge in [-0.25, -0.2) is 0 Å². The number of fused-ring (bicyclic) bond motifs is 2. The van der Waals surface area contributed by atoms with E-state index in [1.807, 2.05) is 0 Å². The Kier molecular flexibility index (Phi) is 2.74. The molecule has 7 heteroatoms. The van der Waals surface area contributed by atoms with Crippen LogP contribution in [0.4, 0.5) is 13.2 Å². The number of hydrogen-bond donors (Lipinski definition) is 1. The molecule has 20 heavy (non-hydrogen) atoms. The summed E-state index contributed by atoms with van der Waals surface area (Å²) >= 11 is 0. The minimum Gasteiger partial charge on any atom is -0.428 e. The van der Waals surface area contributed by atoms with Crippen molar-refractivity contribution in [2.24, 2.45) is 0 Å². The van der Waals surface area contributed by atoms with E-state index in [2.05, 4.69) is 0 Å². The fourth-order valence-corrected chi connectivity index (χ4v) is 2.65. The van der Waals surface area contributed by atoms with Crippen molar-refractivity contribution in [2.75, 3.05) is 0 Å². The Bertz CT molecular complexity index is 750. The van der Waals surface area contributed by atoms with E-state index >= 15 is 0 Å². The predicted molar refractivity (Wildman–Crippen MR) is 64.1 cm³/mol. The number of rotatable bonds is 0.